The Labute approximate surface area is 121 Å². The van der Waals surface area contributed by atoms with Crippen molar-refractivity contribution in [1.29, 1.82) is 0 Å². The summed E-state index contributed by atoms with van der Waals surface area (Å²) in [7, 11) is 0. The molecule has 6 nitrogen and oxygen atoms in total. The van der Waals surface area contributed by atoms with Crippen LogP contribution < -0.4 is 10.1 Å². The number of ether oxygens (including phenoxy) is 1. The second-order valence-electron chi connectivity index (χ2n) is 4.88. The second-order valence-corrected chi connectivity index (χ2v) is 4.88. The fourth-order valence-corrected chi connectivity index (χ4v) is 2.19. The van der Waals surface area contributed by atoms with Crippen LogP contribution in [0.25, 0.3) is 0 Å². The molecule has 0 saturated carbocycles. The van der Waals surface area contributed by atoms with Crippen molar-refractivity contribution in [2.45, 2.75) is 19.9 Å². The number of Topliss-reactive ketones (excluding diaryl/α,β-unsaturated/α-hetero) is 1. The highest BCUT2D eigenvalue weighted by atomic mass is 16.5. The van der Waals surface area contributed by atoms with Gasteiger partial charge in [0, 0.05) is 30.3 Å². The molecule has 3 rings (SSSR count). The average Bonchev–Trinajstić information content (AvgIpc) is 2.91. The van der Waals surface area contributed by atoms with E-state index in [9.17, 15) is 9.59 Å². The number of amides is 1. The Bertz CT molecular complexity index is 682. The summed E-state index contributed by atoms with van der Waals surface area (Å²) in [5, 5.41) is 6.96. The molecule has 1 aliphatic heterocycles. The first-order valence-electron chi connectivity index (χ1n) is 6.76. The van der Waals surface area contributed by atoms with Crippen LogP contribution in [0.15, 0.2) is 30.3 Å². The normalized spacial score (nSPS) is 13.2. The number of hydrogen-bond acceptors (Lipinski definition) is 4. The Morgan fingerprint density at radius 2 is 2.19 bits per heavy atom. The van der Waals surface area contributed by atoms with Crippen molar-refractivity contribution in [2.24, 2.45) is 0 Å². The molecule has 1 amide bonds. The third-order valence-corrected chi connectivity index (χ3v) is 3.27. The third-order valence-electron chi connectivity index (χ3n) is 3.27. The maximum Gasteiger partial charge on any atom is 0.276 e. The largest absolute Gasteiger partial charge is 0.478 e. The van der Waals surface area contributed by atoms with Gasteiger partial charge in [-0.25, -0.2) is 4.68 Å². The van der Waals surface area contributed by atoms with Crippen molar-refractivity contribution in [3.8, 4) is 5.88 Å². The van der Waals surface area contributed by atoms with Gasteiger partial charge in [-0.2, -0.15) is 5.10 Å². The van der Waals surface area contributed by atoms with Crippen molar-refractivity contribution in [1.82, 2.24) is 9.78 Å². The molecule has 2 aromatic rings. The first kappa shape index (κ1) is 13.4. The zero-order valence-corrected chi connectivity index (χ0v) is 11.6. The first-order chi connectivity index (χ1) is 10.1. The molecule has 1 aliphatic rings. The summed E-state index contributed by atoms with van der Waals surface area (Å²) in [5.74, 6) is 0.252. The van der Waals surface area contributed by atoms with Crippen molar-refractivity contribution < 1.29 is 14.3 Å². The maximum atomic E-state index is 12.2. The molecule has 0 aliphatic carbocycles. The molecule has 1 aromatic heterocycles. The lowest BCUT2D eigenvalue weighted by atomic mass is 10.1. The maximum absolute atomic E-state index is 12.2. The number of carbonyl (C=O) groups excluding carboxylic acids is 2. The molecular formula is C15H15N3O3. The summed E-state index contributed by atoms with van der Waals surface area (Å²) in [6.45, 7) is 2.89. The third kappa shape index (κ3) is 2.79. The Morgan fingerprint density at radius 1 is 1.33 bits per heavy atom. The summed E-state index contributed by atoms with van der Waals surface area (Å²) in [6, 6.07) is 8.45. The van der Waals surface area contributed by atoms with Crippen molar-refractivity contribution in [2.75, 3.05) is 11.9 Å². The van der Waals surface area contributed by atoms with E-state index >= 15 is 0 Å². The Balaban J connectivity index is 1.78. The van der Waals surface area contributed by atoms with Gasteiger partial charge in [0.2, 0.25) is 5.88 Å². The van der Waals surface area contributed by atoms with E-state index in [0.29, 0.717) is 29.4 Å². The van der Waals surface area contributed by atoms with Gasteiger partial charge in [-0.3, -0.25) is 9.59 Å². The average molecular weight is 285 g/mol. The van der Waals surface area contributed by atoms with Crippen LogP contribution >= 0.6 is 0 Å². The molecule has 0 spiro atoms. The lowest BCUT2D eigenvalue weighted by Gasteiger charge is -2.13. The molecule has 1 aromatic carbocycles. The van der Waals surface area contributed by atoms with Gasteiger partial charge in [0.15, 0.2) is 11.5 Å². The fourth-order valence-electron chi connectivity index (χ4n) is 2.19. The quantitative estimate of drug-likeness (QED) is 0.877. The summed E-state index contributed by atoms with van der Waals surface area (Å²) in [4.78, 5) is 23.5. The number of ketones is 1. The smallest absolute Gasteiger partial charge is 0.276 e. The number of aromatic nitrogens is 2. The Hall–Kier alpha value is -2.63. The fraction of sp³-hybridized carbons (Fsp3) is 0.267. The van der Waals surface area contributed by atoms with Crippen LogP contribution in [0.2, 0.25) is 0 Å². The van der Waals surface area contributed by atoms with Crippen LogP contribution in [0.5, 0.6) is 5.88 Å². The van der Waals surface area contributed by atoms with Gasteiger partial charge < -0.3 is 10.1 Å². The minimum atomic E-state index is -0.318. The molecule has 0 unspecified atom stereocenters. The minimum absolute atomic E-state index is 0.0445. The van der Waals surface area contributed by atoms with Crippen molar-refractivity contribution in [3.63, 3.8) is 0 Å². The van der Waals surface area contributed by atoms with Gasteiger partial charge in [0.05, 0.1) is 6.61 Å². The summed E-state index contributed by atoms with van der Waals surface area (Å²) in [6.07, 6.45) is 0.885. The molecule has 1 N–H and O–H groups in total. The van der Waals surface area contributed by atoms with Gasteiger partial charge >= 0.3 is 0 Å². The number of aryl methyl sites for hydroxylation is 1. The van der Waals surface area contributed by atoms with E-state index in [-0.39, 0.29) is 11.7 Å². The SMILES string of the molecule is CC(=O)c1cccc(NC(=O)c2cc3n(n2)CCCO3)c1. The van der Waals surface area contributed by atoms with E-state index in [2.05, 4.69) is 10.4 Å². The number of nitrogens with zero attached hydrogens (tertiary/aromatic N) is 2. The molecule has 6 heteroatoms. The highest BCUT2D eigenvalue weighted by molar-refractivity contribution is 6.04. The number of anilines is 1. The van der Waals surface area contributed by atoms with Crippen LogP contribution in [0, 0.1) is 0 Å². The standard InChI is InChI=1S/C15H15N3O3/c1-10(19)11-4-2-5-12(8-11)16-15(20)13-9-14-18(17-13)6-3-7-21-14/h2,4-5,8-9H,3,6-7H2,1H3,(H,16,20). The van der Waals surface area contributed by atoms with E-state index < -0.39 is 0 Å². The highest BCUT2D eigenvalue weighted by Crippen LogP contribution is 2.19. The number of benzene rings is 1. The highest BCUT2D eigenvalue weighted by Gasteiger charge is 2.18. The lowest BCUT2D eigenvalue weighted by Crippen LogP contribution is -2.16. The predicted molar refractivity (Wildman–Crippen MR) is 76.7 cm³/mol. The lowest BCUT2D eigenvalue weighted by molar-refractivity contribution is 0.100. The van der Waals surface area contributed by atoms with Crippen LogP contribution in [-0.4, -0.2) is 28.1 Å². The number of hydrogen-bond donors (Lipinski definition) is 1. The number of fused-ring (bicyclic) bond motifs is 1. The van der Waals surface area contributed by atoms with Gasteiger partial charge in [0.25, 0.3) is 5.91 Å². The minimum Gasteiger partial charge on any atom is -0.478 e. The molecule has 108 valence electrons. The summed E-state index contributed by atoms with van der Waals surface area (Å²) < 4.78 is 7.12. The van der Waals surface area contributed by atoms with E-state index in [1.54, 1.807) is 35.0 Å². The van der Waals surface area contributed by atoms with Crippen molar-refractivity contribution >= 4 is 17.4 Å². The summed E-state index contributed by atoms with van der Waals surface area (Å²) in [5.41, 5.74) is 1.43. The first-order valence-corrected chi connectivity index (χ1v) is 6.76. The molecular weight excluding hydrogens is 270 g/mol. The van der Waals surface area contributed by atoms with Crippen LogP contribution in [0.4, 0.5) is 5.69 Å². The zero-order valence-electron chi connectivity index (χ0n) is 11.6. The molecule has 0 bridgehead atoms. The van der Waals surface area contributed by atoms with Crippen LogP contribution in [0.1, 0.15) is 34.2 Å². The number of carbonyl (C=O) groups is 2. The Morgan fingerprint density at radius 3 is 2.95 bits per heavy atom. The topological polar surface area (TPSA) is 73.2 Å². The predicted octanol–water partition coefficient (Wildman–Crippen LogP) is 2.12. The molecule has 0 atom stereocenters. The zero-order chi connectivity index (χ0) is 14.8. The molecule has 0 saturated heterocycles. The molecule has 2 heterocycles. The molecule has 0 fully saturated rings. The monoisotopic (exact) mass is 285 g/mol. The number of rotatable bonds is 3. The van der Waals surface area contributed by atoms with E-state index in [1.807, 2.05) is 0 Å². The van der Waals surface area contributed by atoms with Crippen molar-refractivity contribution in [3.05, 3.63) is 41.6 Å². The molecule has 21 heavy (non-hydrogen) atoms. The number of nitrogens with one attached hydrogen (secondary N) is 1. The van der Waals surface area contributed by atoms with Gasteiger partial charge in [-0.15, -0.1) is 0 Å². The van der Waals surface area contributed by atoms with Gasteiger partial charge in [0.1, 0.15) is 0 Å². The van der Waals surface area contributed by atoms with E-state index in [4.69, 9.17) is 4.74 Å². The molecule has 0 radical (unpaired) electrons. The Kier molecular flexibility index (Phi) is 3.43. The van der Waals surface area contributed by atoms with Crippen LogP contribution in [-0.2, 0) is 6.54 Å². The second kappa shape index (κ2) is 5.40. The van der Waals surface area contributed by atoms with E-state index in [0.717, 1.165) is 13.0 Å². The van der Waals surface area contributed by atoms with E-state index in [1.165, 1.54) is 6.92 Å². The van der Waals surface area contributed by atoms with Gasteiger partial charge in [-0.05, 0) is 19.1 Å². The summed E-state index contributed by atoms with van der Waals surface area (Å²) >= 11 is 0. The van der Waals surface area contributed by atoms with Gasteiger partial charge in [-0.1, -0.05) is 12.1 Å². The van der Waals surface area contributed by atoms with Crippen LogP contribution in [0.3, 0.4) is 0 Å².